The SMILES string of the molecule is C[C@@H](NC(=O)C1CSCN1)[C@H]1C(=O)N2C(C(=O)O)=C(S[C@@H]3CN[C@H](C(=O)N4CCC(N)C4)C3)[C@H](C)[C@H]12. The third kappa shape index (κ3) is 4.53. The van der Waals surface area contributed by atoms with Crippen molar-refractivity contribution in [3.8, 4) is 0 Å². The molecule has 0 aliphatic carbocycles. The molecule has 0 bridgehead atoms. The largest absolute Gasteiger partial charge is 0.477 e. The van der Waals surface area contributed by atoms with Gasteiger partial charge >= 0.3 is 5.97 Å². The van der Waals surface area contributed by atoms with Crippen LogP contribution in [-0.2, 0) is 19.2 Å². The zero-order chi connectivity index (χ0) is 25.7. The molecule has 2 unspecified atom stereocenters. The van der Waals surface area contributed by atoms with Crippen molar-refractivity contribution in [3.05, 3.63) is 10.6 Å². The van der Waals surface area contributed by atoms with Crippen LogP contribution in [0.2, 0.25) is 0 Å². The molecule has 0 saturated carbocycles. The Hall–Kier alpha value is -1.80. The molecule has 13 heteroatoms. The molecule has 6 N–H and O–H groups in total. The van der Waals surface area contributed by atoms with Crippen LogP contribution < -0.4 is 21.7 Å². The molecule has 11 nitrogen and oxygen atoms in total. The van der Waals surface area contributed by atoms with Crippen LogP contribution in [0.25, 0.3) is 0 Å². The van der Waals surface area contributed by atoms with Gasteiger partial charge in [-0.05, 0) is 19.8 Å². The Kier molecular flexibility index (Phi) is 7.29. The normalized spacial score (nSPS) is 36.8. The van der Waals surface area contributed by atoms with E-state index >= 15 is 0 Å². The zero-order valence-corrected chi connectivity index (χ0v) is 22.1. The molecule has 0 aromatic rings. The van der Waals surface area contributed by atoms with Crippen molar-refractivity contribution in [2.24, 2.45) is 17.6 Å². The van der Waals surface area contributed by atoms with Crippen molar-refractivity contribution < 1.29 is 24.3 Å². The van der Waals surface area contributed by atoms with Crippen molar-refractivity contribution in [2.75, 3.05) is 31.3 Å². The second kappa shape index (κ2) is 10.2. The molecular formula is C23H34N6O5S2. The van der Waals surface area contributed by atoms with Crippen LogP contribution in [0.3, 0.4) is 0 Å². The highest BCUT2D eigenvalue weighted by molar-refractivity contribution is 8.03. The number of aliphatic carboxylic acids is 1. The molecule has 3 amide bonds. The van der Waals surface area contributed by atoms with Crippen LogP contribution in [0.5, 0.6) is 0 Å². The fourth-order valence-electron chi connectivity index (χ4n) is 6.04. The van der Waals surface area contributed by atoms with Crippen molar-refractivity contribution in [1.82, 2.24) is 25.8 Å². The van der Waals surface area contributed by atoms with Crippen LogP contribution in [0.4, 0.5) is 0 Å². The standard InChI is InChI=1S/C23H34N6O5S2/c1-10-17-16(11(2)27-20(30)15-8-35-9-26-15)22(32)29(17)18(23(33)34)19(10)36-13-5-14(25-6-13)21(31)28-4-3-12(24)7-28/h10-17,25-26H,3-9,24H2,1-2H3,(H,27,30)(H,33,34)/t10-,11-,12?,13+,14+,15?,16-,17-/m1/s1. The average Bonchev–Trinajstić information content (AvgIpc) is 3.62. The Balaban J connectivity index is 1.24. The van der Waals surface area contributed by atoms with Gasteiger partial charge in [-0.2, -0.15) is 0 Å². The third-order valence-electron chi connectivity index (χ3n) is 7.95. The van der Waals surface area contributed by atoms with Gasteiger partial charge in [-0.1, -0.05) is 6.92 Å². The molecule has 198 valence electrons. The van der Waals surface area contributed by atoms with Gasteiger partial charge in [0.2, 0.25) is 17.7 Å². The first-order valence-corrected chi connectivity index (χ1v) is 14.6. The predicted octanol–water partition coefficient (Wildman–Crippen LogP) is -1.05. The molecule has 5 heterocycles. The van der Waals surface area contributed by atoms with Gasteiger partial charge in [-0.3, -0.25) is 19.7 Å². The lowest BCUT2D eigenvalue weighted by molar-refractivity contribution is -0.158. The number of nitrogens with zero attached hydrogens (tertiary/aromatic N) is 2. The monoisotopic (exact) mass is 538 g/mol. The van der Waals surface area contributed by atoms with E-state index in [0.29, 0.717) is 36.7 Å². The van der Waals surface area contributed by atoms with Gasteiger partial charge in [-0.25, -0.2) is 4.79 Å². The van der Waals surface area contributed by atoms with Crippen molar-refractivity contribution in [1.29, 1.82) is 0 Å². The van der Waals surface area contributed by atoms with E-state index in [-0.39, 0.29) is 58.8 Å². The number of nitrogens with one attached hydrogen (secondary N) is 3. The minimum atomic E-state index is -1.12. The number of nitrogens with two attached hydrogens (primary N) is 1. The van der Waals surface area contributed by atoms with Gasteiger partial charge in [0, 0.05) is 59.4 Å². The second-order valence-corrected chi connectivity index (χ2v) is 12.7. The quantitative estimate of drug-likeness (QED) is 0.253. The molecule has 8 atom stereocenters. The molecular weight excluding hydrogens is 504 g/mol. The van der Waals surface area contributed by atoms with Crippen LogP contribution in [0, 0.1) is 11.8 Å². The number of β-lactam (4-membered cyclic amide) rings is 1. The molecule has 0 spiro atoms. The lowest BCUT2D eigenvalue weighted by Crippen LogP contribution is -2.66. The number of hydrogen-bond acceptors (Lipinski definition) is 9. The van der Waals surface area contributed by atoms with Gasteiger partial charge in [0.05, 0.1) is 24.0 Å². The van der Waals surface area contributed by atoms with Crippen LogP contribution in [-0.4, -0.2) is 105 Å². The third-order valence-corrected chi connectivity index (χ3v) is 10.4. The highest BCUT2D eigenvalue weighted by Crippen LogP contribution is 2.51. The molecule has 5 rings (SSSR count). The van der Waals surface area contributed by atoms with Gasteiger partial charge in [-0.15, -0.1) is 23.5 Å². The van der Waals surface area contributed by atoms with Gasteiger partial charge < -0.3 is 31.3 Å². The Morgan fingerprint density at radius 1 is 1.28 bits per heavy atom. The fraction of sp³-hybridized carbons (Fsp3) is 0.739. The number of carboxylic acids is 1. The first kappa shape index (κ1) is 25.8. The fourth-order valence-corrected chi connectivity index (χ4v) is 8.46. The number of hydrogen-bond donors (Lipinski definition) is 5. The summed E-state index contributed by atoms with van der Waals surface area (Å²) in [6.45, 7) is 5.61. The maximum Gasteiger partial charge on any atom is 0.353 e. The molecule has 4 saturated heterocycles. The lowest BCUT2D eigenvalue weighted by Gasteiger charge is -2.47. The molecule has 0 radical (unpaired) electrons. The van der Waals surface area contributed by atoms with Gasteiger partial charge in [0.15, 0.2) is 0 Å². The summed E-state index contributed by atoms with van der Waals surface area (Å²) in [5, 5.41) is 19.4. The summed E-state index contributed by atoms with van der Waals surface area (Å²) in [4.78, 5) is 54.7. The van der Waals surface area contributed by atoms with Crippen molar-refractivity contribution >= 4 is 47.2 Å². The summed E-state index contributed by atoms with van der Waals surface area (Å²) in [6.07, 6.45) is 1.41. The Bertz CT molecular complexity index is 988. The number of carboxylic acid groups (broad SMARTS) is 1. The number of thioether (sulfide) groups is 2. The van der Waals surface area contributed by atoms with Crippen LogP contribution in [0.1, 0.15) is 26.7 Å². The predicted molar refractivity (Wildman–Crippen MR) is 137 cm³/mol. The topological polar surface area (TPSA) is 157 Å². The maximum atomic E-state index is 13.1. The summed E-state index contributed by atoms with van der Waals surface area (Å²) in [5.74, 6) is -0.679. The number of fused-ring (bicyclic) bond motifs is 1. The second-order valence-electron chi connectivity index (χ2n) is 10.4. The number of rotatable bonds is 7. The first-order valence-electron chi connectivity index (χ1n) is 12.5. The molecule has 0 aromatic carbocycles. The van der Waals surface area contributed by atoms with E-state index in [1.165, 1.54) is 16.7 Å². The van der Waals surface area contributed by atoms with Crippen LogP contribution >= 0.6 is 23.5 Å². The Labute approximate surface area is 218 Å². The maximum absolute atomic E-state index is 13.1. The number of carbonyl (C=O) groups excluding carboxylic acids is 3. The average molecular weight is 539 g/mol. The Morgan fingerprint density at radius 2 is 2.06 bits per heavy atom. The van der Waals surface area contributed by atoms with E-state index in [4.69, 9.17) is 5.73 Å². The molecule has 0 aromatic heterocycles. The van der Waals surface area contributed by atoms with E-state index in [0.717, 1.165) is 12.3 Å². The first-order chi connectivity index (χ1) is 17.2. The summed E-state index contributed by atoms with van der Waals surface area (Å²) >= 11 is 3.12. The van der Waals surface area contributed by atoms with Gasteiger partial charge in [0.1, 0.15) is 5.70 Å². The highest BCUT2D eigenvalue weighted by Gasteiger charge is 2.60. The molecule has 4 fully saturated rings. The highest BCUT2D eigenvalue weighted by atomic mass is 32.2. The van der Waals surface area contributed by atoms with Crippen LogP contribution in [0.15, 0.2) is 10.6 Å². The van der Waals surface area contributed by atoms with Gasteiger partial charge in [0.25, 0.3) is 0 Å². The lowest BCUT2D eigenvalue weighted by atomic mass is 9.78. The number of likely N-dealkylation sites (tertiary alicyclic amines) is 1. The summed E-state index contributed by atoms with van der Waals surface area (Å²) < 4.78 is 0. The minimum Gasteiger partial charge on any atom is -0.477 e. The summed E-state index contributed by atoms with van der Waals surface area (Å²) in [6, 6.07) is -1.25. The van der Waals surface area contributed by atoms with E-state index in [9.17, 15) is 24.3 Å². The van der Waals surface area contributed by atoms with Crippen molar-refractivity contribution in [3.63, 3.8) is 0 Å². The zero-order valence-electron chi connectivity index (χ0n) is 20.4. The Morgan fingerprint density at radius 3 is 2.69 bits per heavy atom. The summed E-state index contributed by atoms with van der Waals surface area (Å²) in [5.41, 5.74) is 6.00. The van der Waals surface area contributed by atoms with E-state index < -0.39 is 17.9 Å². The van der Waals surface area contributed by atoms with E-state index in [2.05, 4.69) is 16.0 Å². The van der Waals surface area contributed by atoms with E-state index in [1.54, 1.807) is 16.7 Å². The number of carbonyl (C=O) groups is 4. The minimum absolute atomic E-state index is 0.0253. The smallest absolute Gasteiger partial charge is 0.353 e. The molecule has 36 heavy (non-hydrogen) atoms. The summed E-state index contributed by atoms with van der Waals surface area (Å²) in [7, 11) is 0. The van der Waals surface area contributed by atoms with Crippen molar-refractivity contribution in [2.45, 2.75) is 62.1 Å². The van der Waals surface area contributed by atoms with E-state index in [1.807, 2.05) is 13.8 Å². The molecule has 5 aliphatic rings. The molecule has 5 aliphatic heterocycles. The number of amides is 3.